The number of carbonyl (C=O) groups excluding carboxylic acids is 1. The predicted molar refractivity (Wildman–Crippen MR) is 153 cm³/mol. The number of piperazine rings is 1. The van der Waals surface area contributed by atoms with E-state index in [9.17, 15) is 18.0 Å². The Bertz CT molecular complexity index is 1670. The minimum atomic E-state index is -4.55. The Hall–Kier alpha value is -4.46. The van der Waals surface area contributed by atoms with Crippen molar-refractivity contribution >= 4 is 28.3 Å². The molecular weight excluding hydrogens is 529 g/mol. The lowest BCUT2D eigenvalue weighted by Gasteiger charge is -2.33. The molecule has 0 spiro atoms. The van der Waals surface area contributed by atoms with Crippen LogP contribution in [0.1, 0.15) is 38.2 Å². The molecule has 0 unspecified atom stereocenters. The summed E-state index contributed by atoms with van der Waals surface area (Å²) in [6.45, 7) is 5.10. The van der Waals surface area contributed by atoms with Gasteiger partial charge in [0.25, 0.3) is 5.91 Å². The van der Waals surface area contributed by atoms with E-state index >= 15 is 0 Å². The molecule has 0 atom stereocenters. The molecule has 1 aliphatic heterocycles. The zero-order valence-electron chi connectivity index (χ0n) is 22.7. The molecule has 41 heavy (non-hydrogen) atoms. The molecule has 0 saturated carbocycles. The second kappa shape index (κ2) is 11.6. The van der Waals surface area contributed by atoms with Gasteiger partial charge < -0.3 is 16.0 Å². The third-order valence-electron chi connectivity index (χ3n) is 7.17. The van der Waals surface area contributed by atoms with E-state index < -0.39 is 17.6 Å². The van der Waals surface area contributed by atoms with Crippen molar-refractivity contribution in [1.82, 2.24) is 19.8 Å². The normalized spacial score (nSPS) is 14.5. The first-order valence-corrected chi connectivity index (χ1v) is 13.1. The van der Waals surface area contributed by atoms with Crippen molar-refractivity contribution in [1.29, 1.82) is 0 Å². The Morgan fingerprint density at radius 3 is 2.54 bits per heavy atom. The number of aryl methyl sites for hydroxylation is 1. The van der Waals surface area contributed by atoms with Crippen LogP contribution in [0.5, 0.6) is 0 Å². The van der Waals surface area contributed by atoms with Crippen molar-refractivity contribution in [3.63, 3.8) is 0 Å². The molecule has 3 aromatic carbocycles. The molecule has 5 rings (SSSR count). The number of rotatable bonds is 4. The van der Waals surface area contributed by atoms with Crippen LogP contribution in [0.15, 0.2) is 60.9 Å². The predicted octanol–water partition coefficient (Wildman–Crippen LogP) is 4.94. The fraction of sp³-hybridized carbons (Fsp3) is 0.258. The maximum atomic E-state index is 14.0. The highest BCUT2D eigenvalue weighted by atomic mass is 19.4. The zero-order chi connectivity index (χ0) is 29.1. The molecule has 0 radical (unpaired) electrons. The summed E-state index contributed by atoms with van der Waals surface area (Å²) < 4.78 is 41.9. The van der Waals surface area contributed by atoms with Gasteiger partial charge in [0.2, 0.25) is 0 Å². The summed E-state index contributed by atoms with van der Waals surface area (Å²) >= 11 is 0. The highest BCUT2D eigenvalue weighted by molar-refractivity contribution is 6.04. The number of hydrogen-bond acceptors (Lipinski definition) is 6. The smallest absolute Gasteiger partial charge is 0.383 e. The molecule has 10 heteroatoms. The quantitative estimate of drug-likeness (QED) is 0.345. The van der Waals surface area contributed by atoms with Crippen LogP contribution >= 0.6 is 0 Å². The van der Waals surface area contributed by atoms with E-state index in [0.717, 1.165) is 30.1 Å². The summed E-state index contributed by atoms with van der Waals surface area (Å²) in [4.78, 5) is 25.4. The third-order valence-corrected chi connectivity index (χ3v) is 7.17. The Morgan fingerprint density at radius 1 is 1.00 bits per heavy atom. The summed E-state index contributed by atoms with van der Waals surface area (Å²) in [7, 11) is 2.00. The van der Waals surface area contributed by atoms with Crippen LogP contribution in [-0.2, 0) is 12.7 Å². The first-order chi connectivity index (χ1) is 19.6. The molecular formula is C31H29F3N6O. The summed E-state index contributed by atoms with van der Waals surface area (Å²) in [5.74, 6) is 6.03. The lowest BCUT2D eigenvalue weighted by atomic mass is 10.0. The molecule has 4 aromatic rings. The highest BCUT2D eigenvalue weighted by Gasteiger charge is 2.34. The molecule has 1 aliphatic rings. The van der Waals surface area contributed by atoms with E-state index in [1.54, 1.807) is 30.3 Å². The van der Waals surface area contributed by atoms with Crippen LogP contribution in [0.4, 0.5) is 24.7 Å². The van der Waals surface area contributed by atoms with Crippen molar-refractivity contribution in [2.75, 3.05) is 44.3 Å². The number of anilines is 2. The number of alkyl halides is 3. The Labute approximate surface area is 236 Å². The number of aromatic nitrogens is 2. The monoisotopic (exact) mass is 558 g/mol. The summed E-state index contributed by atoms with van der Waals surface area (Å²) in [5.41, 5.74) is 8.56. The second-order valence-corrected chi connectivity index (χ2v) is 10.2. The first-order valence-electron chi connectivity index (χ1n) is 13.1. The largest absolute Gasteiger partial charge is 0.416 e. The number of likely N-dealkylation sites (N-methyl/N-ethyl adjacent to an activating group) is 1. The van der Waals surface area contributed by atoms with Gasteiger partial charge in [-0.3, -0.25) is 9.69 Å². The Balaban J connectivity index is 1.34. The molecule has 1 aromatic heterocycles. The Kier molecular flexibility index (Phi) is 7.92. The third kappa shape index (κ3) is 6.65. The lowest BCUT2D eigenvalue weighted by Crippen LogP contribution is -2.44. The van der Waals surface area contributed by atoms with E-state index in [1.807, 2.05) is 24.9 Å². The maximum absolute atomic E-state index is 14.0. The molecule has 1 fully saturated rings. The van der Waals surface area contributed by atoms with Gasteiger partial charge in [0.1, 0.15) is 12.1 Å². The van der Waals surface area contributed by atoms with Crippen molar-refractivity contribution in [3.05, 3.63) is 94.3 Å². The summed E-state index contributed by atoms with van der Waals surface area (Å²) in [5, 5.41) is 3.35. The van der Waals surface area contributed by atoms with E-state index in [4.69, 9.17) is 5.73 Å². The Morgan fingerprint density at radius 2 is 1.78 bits per heavy atom. The number of hydrogen-bond donors (Lipinski definition) is 2. The van der Waals surface area contributed by atoms with Crippen molar-refractivity contribution in [2.45, 2.75) is 19.6 Å². The number of nitrogens with one attached hydrogen (secondary N) is 1. The molecule has 0 bridgehead atoms. The van der Waals surface area contributed by atoms with Gasteiger partial charge >= 0.3 is 6.18 Å². The molecule has 1 saturated heterocycles. The fourth-order valence-corrected chi connectivity index (χ4v) is 4.70. The SMILES string of the molecule is Cc1ccc(C(=O)Nc2ccc(CN3CCN(C)CC3)c(C(F)(F)F)c2)cc1C#Cc1ccc2c(N)ncnc2c1. The van der Waals surface area contributed by atoms with Gasteiger partial charge in [-0.2, -0.15) is 13.2 Å². The van der Waals surface area contributed by atoms with Gasteiger partial charge in [-0.05, 0) is 67.6 Å². The number of nitrogens with two attached hydrogens (primary N) is 1. The van der Waals surface area contributed by atoms with E-state index in [1.165, 1.54) is 18.5 Å². The zero-order valence-corrected chi connectivity index (χ0v) is 22.7. The first kappa shape index (κ1) is 28.1. The molecule has 2 heterocycles. The number of nitrogen functional groups attached to an aromatic ring is 1. The summed E-state index contributed by atoms with van der Waals surface area (Å²) in [6, 6.07) is 14.4. The average Bonchev–Trinajstić information content (AvgIpc) is 2.94. The molecule has 1 amide bonds. The number of carbonyl (C=O) groups is 1. The fourth-order valence-electron chi connectivity index (χ4n) is 4.70. The minimum absolute atomic E-state index is 0.0788. The minimum Gasteiger partial charge on any atom is -0.383 e. The van der Waals surface area contributed by atoms with Crippen molar-refractivity contribution < 1.29 is 18.0 Å². The van der Waals surface area contributed by atoms with Crippen molar-refractivity contribution in [2.24, 2.45) is 0 Å². The average molecular weight is 559 g/mol. The van der Waals surface area contributed by atoms with Crippen LogP contribution in [0.2, 0.25) is 0 Å². The standard InChI is InChI=1S/C31H29F3N6O/c1-20-3-6-23(16-22(20)7-4-21-5-10-26-28(15-21)36-19-37-29(26)35)30(41)38-25-9-8-24(27(17-25)31(32,33)34)18-40-13-11-39(2)12-14-40/h3,5-6,8-10,15-17,19H,11-14,18H2,1-2H3,(H,38,41)(H2,35,36,37). The van der Waals surface area contributed by atoms with E-state index in [0.29, 0.717) is 35.6 Å². The topological polar surface area (TPSA) is 87.4 Å². The molecule has 7 nitrogen and oxygen atoms in total. The van der Waals surface area contributed by atoms with Gasteiger partial charge in [-0.15, -0.1) is 0 Å². The number of benzene rings is 3. The van der Waals surface area contributed by atoms with Gasteiger partial charge in [0.15, 0.2) is 0 Å². The molecule has 210 valence electrons. The second-order valence-electron chi connectivity index (χ2n) is 10.2. The van der Waals surface area contributed by atoms with E-state index in [-0.39, 0.29) is 23.4 Å². The number of halogens is 3. The summed E-state index contributed by atoms with van der Waals surface area (Å²) in [6.07, 6.45) is -3.16. The van der Waals surface area contributed by atoms with Crippen LogP contribution < -0.4 is 11.1 Å². The van der Waals surface area contributed by atoms with Gasteiger partial charge in [0.05, 0.1) is 11.1 Å². The molecule has 3 N–H and O–H groups in total. The van der Waals surface area contributed by atoms with E-state index in [2.05, 4.69) is 32.0 Å². The molecule has 0 aliphatic carbocycles. The number of nitrogens with zero attached hydrogens (tertiary/aromatic N) is 4. The van der Waals surface area contributed by atoms with Crippen LogP contribution in [0.3, 0.4) is 0 Å². The van der Waals surface area contributed by atoms with Crippen LogP contribution in [0, 0.1) is 18.8 Å². The highest BCUT2D eigenvalue weighted by Crippen LogP contribution is 2.35. The van der Waals surface area contributed by atoms with Crippen molar-refractivity contribution in [3.8, 4) is 11.8 Å². The lowest BCUT2D eigenvalue weighted by molar-refractivity contribution is -0.138. The number of fused-ring (bicyclic) bond motifs is 1. The number of amides is 1. The van der Waals surface area contributed by atoms with Gasteiger partial charge in [-0.1, -0.05) is 24.0 Å². The van der Waals surface area contributed by atoms with Crippen LogP contribution in [-0.4, -0.2) is 58.9 Å². The van der Waals surface area contributed by atoms with Crippen LogP contribution in [0.25, 0.3) is 10.9 Å². The van der Waals surface area contributed by atoms with Gasteiger partial charge in [-0.25, -0.2) is 9.97 Å². The maximum Gasteiger partial charge on any atom is 0.416 e. The van der Waals surface area contributed by atoms with Gasteiger partial charge in [0, 0.05) is 60.5 Å².